The van der Waals surface area contributed by atoms with Gasteiger partial charge in [-0.15, -0.1) is 0 Å². The summed E-state index contributed by atoms with van der Waals surface area (Å²) in [6.07, 6.45) is -1.12. The van der Waals surface area contributed by atoms with Crippen LogP contribution in [0.1, 0.15) is 48.0 Å². The summed E-state index contributed by atoms with van der Waals surface area (Å²) in [4.78, 5) is 28.3. The molecular formula is C28H32Cl2F3N3O3. The lowest BCUT2D eigenvalue weighted by atomic mass is 9.82. The van der Waals surface area contributed by atoms with E-state index in [0.29, 0.717) is 35.3 Å². The second kappa shape index (κ2) is 11.9. The van der Waals surface area contributed by atoms with Crippen molar-refractivity contribution in [3.05, 3.63) is 63.6 Å². The van der Waals surface area contributed by atoms with Crippen molar-refractivity contribution in [1.82, 2.24) is 10.2 Å². The summed E-state index contributed by atoms with van der Waals surface area (Å²) in [6.45, 7) is 2.01. The average molecular weight is 586 g/mol. The van der Waals surface area contributed by atoms with Gasteiger partial charge in [0.25, 0.3) is 17.4 Å². The highest BCUT2D eigenvalue weighted by Gasteiger charge is 2.62. The fourth-order valence-electron chi connectivity index (χ4n) is 5.64. The molecule has 2 fully saturated rings. The lowest BCUT2D eigenvalue weighted by Gasteiger charge is -2.40. The minimum Gasteiger partial charge on any atom is -0.371 e. The second-order valence-electron chi connectivity index (χ2n) is 10.4. The Kier molecular flexibility index (Phi) is 9.03. The summed E-state index contributed by atoms with van der Waals surface area (Å²) in [6, 6.07) is 10.2. The molecule has 2 aromatic carbocycles. The molecule has 0 aromatic heterocycles. The Bertz CT molecular complexity index is 1200. The van der Waals surface area contributed by atoms with Crippen molar-refractivity contribution >= 4 is 40.7 Å². The monoisotopic (exact) mass is 585 g/mol. The first-order valence-corrected chi connectivity index (χ1v) is 13.8. The number of nitrogens with one attached hydrogen (secondary N) is 1. The number of rotatable bonds is 6. The fourth-order valence-corrected chi connectivity index (χ4v) is 6.09. The molecular weight excluding hydrogens is 554 g/mol. The zero-order chi connectivity index (χ0) is 28.4. The summed E-state index contributed by atoms with van der Waals surface area (Å²) in [7, 11) is 1.56. The van der Waals surface area contributed by atoms with Crippen LogP contribution in [-0.4, -0.2) is 61.2 Å². The number of halogens is 5. The molecule has 0 saturated carbocycles. The number of aliphatic hydroxyl groups is 1. The number of nitrogens with zero attached hydrogens (tertiary/aromatic N) is 2. The van der Waals surface area contributed by atoms with Crippen LogP contribution in [0.5, 0.6) is 0 Å². The molecule has 0 aliphatic carbocycles. The molecule has 2 aliphatic rings. The first-order chi connectivity index (χ1) is 18.4. The SMILES string of the molecule is CNC(=O)c1ccc(N2CCC(CC3CCN(C(=O)C(O)(c4cccc(Cl)c4)C(F)(F)F)CC3)CC2)cc1Cl. The zero-order valence-corrected chi connectivity index (χ0v) is 23.1. The number of piperidine rings is 2. The highest BCUT2D eigenvalue weighted by Crippen LogP contribution is 2.42. The normalized spacial score (nSPS) is 19.1. The number of likely N-dealkylation sites (tertiary alicyclic amines) is 1. The van der Waals surface area contributed by atoms with Crippen molar-refractivity contribution in [1.29, 1.82) is 0 Å². The third kappa shape index (κ3) is 6.31. The van der Waals surface area contributed by atoms with E-state index in [2.05, 4.69) is 10.2 Å². The maximum atomic E-state index is 14.0. The number of carbonyl (C=O) groups is 2. The number of benzene rings is 2. The highest BCUT2D eigenvalue weighted by atomic mass is 35.5. The van der Waals surface area contributed by atoms with E-state index in [0.717, 1.165) is 55.1 Å². The van der Waals surface area contributed by atoms with E-state index < -0.39 is 23.2 Å². The van der Waals surface area contributed by atoms with Crippen molar-refractivity contribution in [3.63, 3.8) is 0 Å². The molecule has 2 amide bonds. The molecule has 0 spiro atoms. The van der Waals surface area contributed by atoms with E-state index >= 15 is 0 Å². The van der Waals surface area contributed by atoms with Crippen LogP contribution in [-0.2, 0) is 10.4 Å². The van der Waals surface area contributed by atoms with Crippen LogP contribution < -0.4 is 10.2 Å². The van der Waals surface area contributed by atoms with Gasteiger partial charge in [0, 0.05) is 49.5 Å². The summed E-state index contributed by atoms with van der Waals surface area (Å²) in [5.41, 5.74) is -2.82. The van der Waals surface area contributed by atoms with Gasteiger partial charge in [0.05, 0.1) is 10.6 Å². The van der Waals surface area contributed by atoms with Crippen LogP contribution >= 0.6 is 23.2 Å². The molecule has 1 unspecified atom stereocenters. The third-order valence-corrected chi connectivity index (χ3v) is 8.48. The highest BCUT2D eigenvalue weighted by molar-refractivity contribution is 6.34. The summed E-state index contributed by atoms with van der Waals surface area (Å²) in [5.74, 6) is -0.805. The van der Waals surface area contributed by atoms with Crippen LogP contribution in [0.4, 0.5) is 18.9 Å². The van der Waals surface area contributed by atoms with E-state index in [4.69, 9.17) is 23.2 Å². The zero-order valence-electron chi connectivity index (χ0n) is 21.6. The van der Waals surface area contributed by atoms with Crippen molar-refractivity contribution in [2.75, 3.05) is 38.1 Å². The van der Waals surface area contributed by atoms with Crippen molar-refractivity contribution in [2.24, 2.45) is 11.8 Å². The van der Waals surface area contributed by atoms with Crippen LogP contribution in [0, 0.1) is 11.8 Å². The first kappa shape index (κ1) is 29.5. The van der Waals surface area contributed by atoms with Gasteiger partial charge in [0.1, 0.15) is 0 Å². The fraction of sp³-hybridized carbons (Fsp3) is 0.500. The molecule has 4 rings (SSSR count). The minimum absolute atomic E-state index is 0.0109. The molecule has 1 atom stereocenters. The third-order valence-electron chi connectivity index (χ3n) is 7.93. The second-order valence-corrected chi connectivity index (χ2v) is 11.2. The Labute approximate surface area is 236 Å². The molecule has 2 heterocycles. The molecule has 0 radical (unpaired) electrons. The molecule has 2 aliphatic heterocycles. The van der Waals surface area contributed by atoms with E-state index in [-0.39, 0.29) is 24.0 Å². The van der Waals surface area contributed by atoms with Gasteiger partial charge in [-0.2, -0.15) is 13.2 Å². The van der Waals surface area contributed by atoms with Crippen LogP contribution in [0.15, 0.2) is 42.5 Å². The summed E-state index contributed by atoms with van der Waals surface area (Å²) in [5, 5.41) is 13.7. The van der Waals surface area contributed by atoms with Gasteiger partial charge in [-0.05, 0) is 74.3 Å². The lowest BCUT2D eigenvalue weighted by molar-refractivity contribution is -0.262. The van der Waals surface area contributed by atoms with E-state index in [1.54, 1.807) is 13.1 Å². The number of alkyl halides is 3. The Balaban J connectivity index is 1.31. The van der Waals surface area contributed by atoms with Crippen molar-refractivity contribution < 1.29 is 27.9 Å². The summed E-state index contributed by atoms with van der Waals surface area (Å²) >= 11 is 12.2. The van der Waals surface area contributed by atoms with Gasteiger partial charge in [-0.1, -0.05) is 35.3 Å². The topological polar surface area (TPSA) is 72.9 Å². The molecule has 2 saturated heterocycles. The van der Waals surface area contributed by atoms with Crippen LogP contribution in [0.2, 0.25) is 10.0 Å². The Morgan fingerprint density at radius 1 is 0.974 bits per heavy atom. The molecule has 2 aromatic rings. The standard InChI is InChI=1S/C28H32Cl2F3N3O3/c1-34-25(37)23-6-5-22(17-24(23)30)35-11-7-18(8-12-35)15-19-9-13-36(14-10-19)26(38)27(39,28(31,32)33)20-3-2-4-21(29)16-20/h2-6,16-19,39H,7-15H2,1H3,(H,34,37). The largest absolute Gasteiger partial charge is 0.430 e. The van der Waals surface area contributed by atoms with Gasteiger partial charge < -0.3 is 20.2 Å². The van der Waals surface area contributed by atoms with Gasteiger partial charge in [0.2, 0.25) is 0 Å². The number of hydrogen-bond acceptors (Lipinski definition) is 4. The molecule has 11 heteroatoms. The number of carbonyl (C=O) groups excluding carboxylic acids is 2. The predicted octanol–water partition coefficient (Wildman–Crippen LogP) is 5.65. The Morgan fingerprint density at radius 2 is 1.59 bits per heavy atom. The van der Waals surface area contributed by atoms with E-state index in [1.807, 2.05) is 12.1 Å². The smallest absolute Gasteiger partial charge is 0.371 e. The minimum atomic E-state index is -5.19. The van der Waals surface area contributed by atoms with E-state index in [9.17, 15) is 27.9 Å². The van der Waals surface area contributed by atoms with Crippen molar-refractivity contribution in [2.45, 2.75) is 43.9 Å². The molecule has 6 nitrogen and oxygen atoms in total. The Morgan fingerprint density at radius 3 is 2.13 bits per heavy atom. The van der Waals surface area contributed by atoms with Crippen LogP contribution in [0.25, 0.3) is 0 Å². The first-order valence-electron chi connectivity index (χ1n) is 13.0. The predicted molar refractivity (Wildman–Crippen MR) is 145 cm³/mol. The van der Waals surface area contributed by atoms with Gasteiger partial charge in [-0.25, -0.2) is 0 Å². The van der Waals surface area contributed by atoms with Crippen molar-refractivity contribution in [3.8, 4) is 0 Å². The Hall–Kier alpha value is -2.49. The number of amides is 2. The van der Waals surface area contributed by atoms with Gasteiger partial charge in [0.15, 0.2) is 0 Å². The van der Waals surface area contributed by atoms with E-state index in [1.165, 1.54) is 12.1 Å². The molecule has 2 N–H and O–H groups in total. The van der Waals surface area contributed by atoms with Gasteiger partial charge in [-0.3, -0.25) is 9.59 Å². The summed E-state index contributed by atoms with van der Waals surface area (Å²) < 4.78 is 42.0. The quantitative estimate of drug-likeness (QED) is 0.459. The number of hydrogen-bond donors (Lipinski definition) is 2. The van der Waals surface area contributed by atoms with Crippen LogP contribution in [0.3, 0.4) is 0 Å². The lowest BCUT2D eigenvalue weighted by Crippen LogP contribution is -2.57. The average Bonchev–Trinajstić information content (AvgIpc) is 2.92. The molecule has 212 valence electrons. The number of anilines is 1. The molecule has 0 bridgehead atoms. The maximum absolute atomic E-state index is 14.0. The maximum Gasteiger partial charge on any atom is 0.430 e. The molecule has 39 heavy (non-hydrogen) atoms. The van der Waals surface area contributed by atoms with Gasteiger partial charge >= 0.3 is 6.18 Å².